The monoisotopic (exact) mass is 412 g/mol. The molecule has 7 nitrogen and oxygen atoms in total. The van der Waals surface area contributed by atoms with Crippen LogP contribution < -0.4 is 10.1 Å². The van der Waals surface area contributed by atoms with Crippen molar-refractivity contribution in [1.82, 2.24) is 15.0 Å². The second-order valence-corrected chi connectivity index (χ2v) is 7.35. The maximum Gasteiger partial charge on any atom is 0.321 e. The van der Waals surface area contributed by atoms with Crippen molar-refractivity contribution in [2.75, 3.05) is 25.5 Å². The van der Waals surface area contributed by atoms with Gasteiger partial charge in [0.2, 0.25) is 11.7 Å². The van der Waals surface area contributed by atoms with Gasteiger partial charge in [-0.15, -0.1) is 0 Å². The summed E-state index contributed by atoms with van der Waals surface area (Å²) in [5.41, 5.74) is 1.52. The van der Waals surface area contributed by atoms with Gasteiger partial charge >= 0.3 is 6.03 Å². The summed E-state index contributed by atoms with van der Waals surface area (Å²) in [6.07, 6.45) is 1.76. The molecule has 1 aliphatic rings. The van der Waals surface area contributed by atoms with E-state index in [0.29, 0.717) is 35.5 Å². The first-order chi connectivity index (χ1) is 14.1. The van der Waals surface area contributed by atoms with Crippen LogP contribution in [0.4, 0.5) is 10.5 Å². The first kappa shape index (κ1) is 19.3. The molecule has 2 amide bonds. The van der Waals surface area contributed by atoms with Gasteiger partial charge in [0.1, 0.15) is 5.75 Å². The number of nitrogens with zero attached hydrogens (tertiary/aromatic N) is 3. The molecule has 2 aromatic carbocycles. The minimum Gasteiger partial charge on any atom is -0.497 e. The molecule has 1 atom stereocenters. The number of benzene rings is 2. The summed E-state index contributed by atoms with van der Waals surface area (Å²) in [7, 11) is 1.62. The molecule has 29 heavy (non-hydrogen) atoms. The number of likely N-dealkylation sites (tertiary alicyclic amines) is 1. The summed E-state index contributed by atoms with van der Waals surface area (Å²) in [5.74, 6) is 1.86. The third-order valence-electron chi connectivity index (χ3n) is 4.92. The van der Waals surface area contributed by atoms with Gasteiger partial charge in [0.25, 0.3) is 0 Å². The molecule has 0 bridgehead atoms. The van der Waals surface area contributed by atoms with Crippen molar-refractivity contribution in [2.24, 2.45) is 0 Å². The van der Waals surface area contributed by atoms with E-state index in [2.05, 4.69) is 15.5 Å². The molecular formula is C21H21ClN4O3. The molecule has 8 heteroatoms. The SMILES string of the molecule is COc1ccc(-c2noc([C@H]3CCCN(C(=O)Nc4cccc(Cl)c4)C3)n2)cc1. The molecule has 0 unspecified atom stereocenters. The topological polar surface area (TPSA) is 80.5 Å². The number of ether oxygens (including phenoxy) is 1. The zero-order valence-electron chi connectivity index (χ0n) is 16.0. The number of amides is 2. The second kappa shape index (κ2) is 8.53. The number of rotatable bonds is 4. The lowest BCUT2D eigenvalue weighted by atomic mass is 9.98. The van der Waals surface area contributed by atoms with Crippen LogP contribution in [-0.2, 0) is 0 Å². The number of anilines is 1. The summed E-state index contributed by atoms with van der Waals surface area (Å²) in [4.78, 5) is 19.0. The van der Waals surface area contributed by atoms with E-state index >= 15 is 0 Å². The van der Waals surface area contributed by atoms with Crippen molar-refractivity contribution in [3.8, 4) is 17.1 Å². The van der Waals surface area contributed by atoms with Gasteiger partial charge in [0.05, 0.1) is 13.0 Å². The molecule has 150 valence electrons. The highest BCUT2D eigenvalue weighted by molar-refractivity contribution is 6.30. The summed E-state index contributed by atoms with van der Waals surface area (Å²) < 4.78 is 10.7. The van der Waals surface area contributed by atoms with Gasteiger partial charge in [-0.3, -0.25) is 0 Å². The van der Waals surface area contributed by atoms with E-state index in [1.54, 1.807) is 30.2 Å². The van der Waals surface area contributed by atoms with Crippen LogP contribution in [0.5, 0.6) is 5.75 Å². The smallest absolute Gasteiger partial charge is 0.321 e. The van der Waals surface area contributed by atoms with Crippen molar-refractivity contribution in [3.05, 3.63) is 59.4 Å². The fraction of sp³-hybridized carbons (Fsp3) is 0.286. The zero-order valence-corrected chi connectivity index (χ0v) is 16.7. The highest BCUT2D eigenvalue weighted by Crippen LogP contribution is 2.28. The molecule has 0 spiro atoms. The van der Waals surface area contributed by atoms with E-state index in [0.717, 1.165) is 24.2 Å². The Labute approximate surface area is 173 Å². The van der Waals surface area contributed by atoms with Crippen molar-refractivity contribution < 1.29 is 14.1 Å². The highest BCUT2D eigenvalue weighted by atomic mass is 35.5. The third kappa shape index (κ3) is 4.51. The number of urea groups is 1. The molecule has 2 heterocycles. The summed E-state index contributed by atoms with van der Waals surface area (Å²) in [5, 5.41) is 7.57. The lowest BCUT2D eigenvalue weighted by Crippen LogP contribution is -2.41. The summed E-state index contributed by atoms with van der Waals surface area (Å²) in [6, 6.07) is 14.4. The zero-order chi connectivity index (χ0) is 20.2. The number of piperidine rings is 1. The van der Waals surface area contributed by atoms with Crippen LogP contribution in [0.15, 0.2) is 53.1 Å². The Morgan fingerprint density at radius 3 is 2.86 bits per heavy atom. The molecule has 3 aromatic rings. The first-order valence-corrected chi connectivity index (χ1v) is 9.79. The molecule has 0 saturated carbocycles. The van der Waals surface area contributed by atoms with Crippen molar-refractivity contribution in [1.29, 1.82) is 0 Å². The van der Waals surface area contributed by atoms with Crippen LogP contribution in [-0.4, -0.2) is 41.3 Å². The van der Waals surface area contributed by atoms with Crippen LogP contribution in [0, 0.1) is 0 Å². The number of halogens is 1. The molecule has 4 rings (SSSR count). The minimum absolute atomic E-state index is 0.00774. The van der Waals surface area contributed by atoms with Gasteiger partial charge in [-0.25, -0.2) is 4.79 Å². The van der Waals surface area contributed by atoms with Crippen molar-refractivity contribution in [2.45, 2.75) is 18.8 Å². The lowest BCUT2D eigenvalue weighted by Gasteiger charge is -2.31. The number of hydrogen-bond donors (Lipinski definition) is 1. The minimum atomic E-state index is -0.160. The van der Waals surface area contributed by atoms with Crippen LogP contribution in [0.2, 0.25) is 5.02 Å². The fourth-order valence-electron chi connectivity index (χ4n) is 3.39. The normalized spacial score (nSPS) is 16.5. The predicted octanol–water partition coefficient (Wildman–Crippen LogP) is 4.81. The highest BCUT2D eigenvalue weighted by Gasteiger charge is 2.28. The Morgan fingerprint density at radius 2 is 2.10 bits per heavy atom. The maximum atomic E-state index is 12.6. The van der Waals surface area contributed by atoms with Gasteiger partial charge in [0, 0.05) is 29.4 Å². The van der Waals surface area contributed by atoms with E-state index in [4.69, 9.17) is 20.9 Å². The quantitative estimate of drug-likeness (QED) is 0.665. The van der Waals surface area contributed by atoms with Gasteiger partial charge in [0.15, 0.2) is 0 Å². The number of carbonyl (C=O) groups is 1. The third-order valence-corrected chi connectivity index (χ3v) is 5.16. The van der Waals surface area contributed by atoms with E-state index < -0.39 is 0 Å². The van der Waals surface area contributed by atoms with Crippen LogP contribution in [0.1, 0.15) is 24.7 Å². The van der Waals surface area contributed by atoms with Crippen LogP contribution in [0.25, 0.3) is 11.4 Å². The number of carbonyl (C=O) groups excluding carboxylic acids is 1. The summed E-state index contributed by atoms with van der Waals surface area (Å²) in [6.45, 7) is 1.21. The van der Waals surface area contributed by atoms with Crippen LogP contribution in [0.3, 0.4) is 0 Å². The lowest BCUT2D eigenvalue weighted by molar-refractivity contribution is 0.184. The first-order valence-electron chi connectivity index (χ1n) is 9.42. The Hall–Kier alpha value is -3.06. The molecule has 0 aliphatic carbocycles. The molecule has 0 radical (unpaired) electrons. The molecule has 1 aliphatic heterocycles. The number of nitrogens with one attached hydrogen (secondary N) is 1. The largest absolute Gasteiger partial charge is 0.497 e. The molecule has 1 N–H and O–H groups in total. The van der Waals surface area contributed by atoms with Gasteiger partial charge in [-0.1, -0.05) is 22.8 Å². The molecular weight excluding hydrogens is 392 g/mol. The fourth-order valence-corrected chi connectivity index (χ4v) is 3.58. The summed E-state index contributed by atoms with van der Waals surface area (Å²) >= 11 is 5.99. The Balaban J connectivity index is 1.43. The van der Waals surface area contributed by atoms with Gasteiger partial charge in [-0.2, -0.15) is 4.98 Å². The number of hydrogen-bond acceptors (Lipinski definition) is 5. The van der Waals surface area contributed by atoms with Crippen molar-refractivity contribution >= 4 is 23.3 Å². The second-order valence-electron chi connectivity index (χ2n) is 6.91. The standard InChI is InChI=1S/C21H21ClN4O3/c1-28-18-9-7-14(8-10-18)19-24-20(29-25-19)15-4-3-11-26(13-15)21(27)23-17-6-2-5-16(22)12-17/h2,5-10,12,15H,3-4,11,13H2,1H3,(H,23,27)/t15-/m0/s1. The Morgan fingerprint density at radius 1 is 1.28 bits per heavy atom. The number of methoxy groups -OCH3 is 1. The van der Waals surface area contributed by atoms with Crippen LogP contribution >= 0.6 is 11.6 Å². The van der Waals surface area contributed by atoms with E-state index in [-0.39, 0.29) is 11.9 Å². The Kier molecular flexibility index (Phi) is 5.67. The molecule has 1 aromatic heterocycles. The van der Waals surface area contributed by atoms with E-state index in [9.17, 15) is 4.79 Å². The predicted molar refractivity (Wildman–Crippen MR) is 110 cm³/mol. The molecule has 1 fully saturated rings. The van der Waals surface area contributed by atoms with Gasteiger partial charge in [-0.05, 0) is 55.3 Å². The average Bonchev–Trinajstić information content (AvgIpc) is 3.24. The van der Waals surface area contributed by atoms with E-state index in [1.807, 2.05) is 30.3 Å². The average molecular weight is 413 g/mol. The molecule has 1 saturated heterocycles. The number of aromatic nitrogens is 2. The maximum absolute atomic E-state index is 12.6. The Bertz CT molecular complexity index is 990. The van der Waals surface area contributed by atoms with Gasteiger partial charge < -0.3 is 19.5 Å². The van der Waals surface area contributed by atoms with Crippen molar-refractivity contribution in [3.63, 3.8) is 0 Å². The van der Waals surface area contributed by atoms with E-state index in [1.165, 1.54) is 0 Å².